The van der Waals surface area contributed by atoms with Gasteiger partial charge in [-0.3, -0.25) is 4.79 Å². The smallest absolute Gasteiger partial charge is 0.365 e. The SMILES string of the molecule is C[C@H]1CC[C@H](C(=O)Nc2cc(C(F)(F)F)ccn2)O1. The fourth-order valence-corrected chi connectivity index (χ4v) is 1.88. The van der Waals surface area contributed by atoms with E-state index in [9.17, 15) is 18.0 Å². The Hall–Kier alpha value is -1.63. The van der Waals surface area contributed by atoms with Gasteiger partial charge in [-0.2, -0.15) is 13.2 Å². The van der Waals surface area contributed by atoms with Gasteiger partial charge in [-0.15, -0.1) is 0 Å². The van der Waals surface area contributed by atoms with Gasteiger partial charge in [0.25, 0.3) is 5.91 Å². The molecule has 7 heteroatoms. The summed E-state index contributed by atoms with van der Waals surface area (Å²) in [5.74, 6) is -0.584. The first kappa shape index (κ1) is 13.8. The van der Waals surface area contributed by atoms with Gasteiger partial charge < -0.3 is 10.1 Å². The van der Waals surface area contributed by atoms with Crippen molar-refractivity contribution < 1.29 is 22.7 Å². The third kappa shape index (κ3) is 3.44. The Morgan fingerprint density at radius 1 is 1.47 bits per heavy atom. The van der Waals surface area contributed by atoms with Gasteiger partial charge in [0.05, 0.1) is 11.7 Å². The first-order chi connectivity index (χ1) is 8.86. The van der Waals surface area contributed by atoms with E-state index >= 15 is 0 Å². The molecular formula is C12H13F3N2O2. The molecule has 0 spiro atoms. The second-order valence-electron chi connectivity index (χ2n) is 4.43. The van der Waals surface area contributed by atoms with Gasteiger partial charge in [-0.25, -0.2) is 4.98 Å². The van der Waals surface area contributed by atoms with Crippen molar-refractivity contribution in [1.82, 2.24) is 4.98 Å². The van der Waals surface area contributed by atoms with Crippen LogP contribution in [0.2, 0.25) is 0 Å². The number of alkyl halides is 3. The second-order valence-corrected chi connectivity index (χ2v) is 4.43. The molecule has 1 saturated heterocycles. The van der Waals surface area contributed by atoms with Crippen molar-refractivity contribution in [2.75, 3.05) is 5.32 Å². The molecule has 2 rings (SSSR count). The molecule has 0 radical (unpaired) electrons. The Balaban J connectivity index is 2.05. The van der Waals surface area contributed by atoms with Crippen molar-refractivity contribution in [2.24, 2.45) is 0 Å². The van der Waals surface area contributed by atoms with Gasteiger partial charge in [0.1, 0.15) is 11.9 Å². The first-order valence-electron chi connectivity index (χ1n) is 5.86. The maximum atomic E-state index is 12.5. The normalized spacial score (nSPS) is 23.4. The molecule has 0 aliphatic carbocycles. The highest BCUT2D eigenvalue weighted by Gasteiger charge is 2.32. The number of hydrogen-bond acceptors (Lipinski definition) is 3. The molecule has 1 aromatic rings. The number of nitrogens with one attached hydrogen (secondary N) is 1. The quantitative estimate of drug-likeness (QED) is 0.901. The molecule has 1 aromatic heterocycles. The summed E-state index contributed by atoms with van der Waals surface area (Å²) in [7, 11) is 0. The van der Waals surface area contributed by atoms with Gasteiger partial charge in [0.2, 0.25) is 0 Å². The van der Waals surface area contributed by atoms with Crippen LogP contribution in [0.25, 0.3) is 0 Å². The molecule has 4 nitrogen and oxygen atoms in total. The Morgan fingerprint density at radius 2 is 2.21 bits per heavy atom. The largest absolute Gasteiger partial charge is 0.416 e. The number of carbonyl (C=O) groups excluding carboxylic acids is 1. The number of rotatable bonds is 2. The molecule has 104 valence electrons. The number of aromatic nitrogens is 1. The van der Waals surface area contributed by atoms with Crippen LogP contribution < -0.4 is 5.32 Å². The van der Waals surface area contributed by atoms with Gasteiger partial charge >= 0.3 is 6.18 Å². The van der Waals surface area contributed by atoms with Crippen molar-refractivity contribution in [3.63, 3.8) is 0 Å². The van der Waals surface area contributed by atoms with Gasteiger partial charge in [-0.05, 0) is 31.9 Å². The topological polar surface area (TPSA) is 51.2 Å². The lowest BCUT2D eigenvalue weighted by Crippen LogP contribution is -2.28. The third-order valence-electron chi connectivity index (χ3n) is 2.86. The van der Waals surface area contributed by atoms with Crippen LogP contribution in [0.1, 0.15) is 25.3 Å². The molecule has 2 atom stereocenters. The molecule has 1 aliphatic heterocycles. The molecule has 1 N–H and O–H groups in total. The van der Waals surface area contributed by atoms with E-state index in [4.69, 9.17) is 4.74 Å². The lowest BCUT2D eigenvalue weighted by atomic mass is 10.2. The third-order valence-corrected chi connectivity index (χ3v) is 2.86. The number of carbonyl (C=O) groups is 1. The fourth-order valence-electron chi connectivity index (χ4n) is 1.88. The summed E-state index contributed by atoms with van der Waals surface area (Å²) in [4.78, 5) is 15.5. The van der Waals surface area contributed by atoms with E-state index in [-0.39, 0.29) is 11.9 Å². The molecule has 0 aromatic carbocycles. The highest BCUT2D eigenvalue weighted by molar-refractivity contribution is 5.93. The second kappa shape index (κ2) is 5.16. The Morgan fingerprint density at radius 3 is 2.79 bits per heavy atom. The highest BCUT2D eigenvalue weighted by Crippen LogP contribution is 2.30. The minimum atomic E-state index is -4.46. The average Bonchev–Trinajstić information content (AvgIpc) is 2.75. The molecule has 19 heavy (non-hydrogen) atoms. The van der Waals surface area contributed by atoms with E-state index < -0.39 is 23.8 Å². The van der Waals surface area contributed by atoms with Crippen molar-refractivity contribution in [3.05, 3.63) is 23.9 Å². The lowest BCUT2D eigenvalue weighted by molar-refractivity contribution is -0.137. The van der Waals surface area contributed by atoms with E-state index in [1.807, 2.05) is 6.92 Å². The molecule has 2 heterocycles. The molecule has 1 aliphatic rings. The van der Waals surface area contributed by atoms with Crippen molar-refractivity contribution in [3.8, 4) is 0 Å². The summed E-state index contributed by atoms with van der Waals surface area (Å²) in [5.41, 5.74) is -0.849. The van der Waals surface area contributed by atoms with Crippen molar-refractivity contribution >= 4 is 11.7 Å². The standard InChI is InChI=1S/C12H13F3N2O2/c1-7-2-3-9(19-7)11(18)17-10-6-8(4-5-16-10)12(13,14)15/h4-7,9H,2-3H2,1H3,(H,16,17,18)/t7-,9+/m0/s1. The lowest BCUT2D eigenvalue weighted by Gasteiger charge is -2.12. The summed E-state index contributed by atoms with van der Waals surface area (Å²) in [6.45, 7) is 1.84. The minimum Gasteiger partial charge on any atom is -0.365 e. The summed E-state index contributed by atoms with van der Waals surface area (Å²) in [5, 5.41) is 2.34. The molecule has 1 amide bonds. The zero-order chi connectivity index (χ0) is 14.0. The van der Waals surface area contributed by atoms with Gasteiger partial charge in [0, 0.05) is 6.20 Å². The highest BCUT2D eigenvalue weighted by atomic mass is 19.4. The maximum Gasteiger partial charge on any atom is 0.416 e. The van der Waals surface area contributed by atoms with Crippen LogP contribution in [0.5, 0.6) is 0 Å². The molecule has 0 unspecified atom stereocenters. The van der Waals surface area contributed by atoms with E-state index in [2.05, 4.69) is 10.3 Å². The van der Waals surface area contributed by atoms with Crippen LogP contribution in [0.15, 0.2) is 18.3 Å². The van der Waals surface area contributed by atoms with E-state index in [1.54, 1.807) is 0 Å². The van der Waals surface area contributed by atoms with Crippen molar-refractivity contribution in [1.29, 1.82) is 0 Å². The molecule has 0 bridgehead atoms. The van der Waals surface area contributed by atoms with Crippen LogP contribution in [0.4, 0.5) is 19.0 Å². The molecular weight excluding hydrogens is 261 g/mol. The predicted molar refractivity (Wildman–Crippen MR) is 61.4 cm³/mol. The number of nitrogens with zero attached hydrogens (tertiary/aromatic N) is 1. The van der Waals surface area contributed by atoms with Gasteiger partial charge in [0.15, 0.2) is 0 Å². The van der Waals surface area contributed by atoms with Crippen molar-refractivity contribution in [2.45, 2.75) is 38.1 Å². The molecule has 0 saturated carbocycles. The van der Waals surface area contributed by atoms with Crippen LogP contribution in [0.3, 0.4) is 0 Å². The van der Waals surface area contributed by atoms with Crippen LogP contribution in [-0.4, -0.2) is 23.1 Å². The number of anilines is 1. The van der Waals surface area contributed by atoms with E-state index in [1.165, 1.54) is 0 Å². The Kier molecular flexibility index (Phi) is 3.75. The van der Waals surface area contributed by atoms with Crippen LogP contribution in [-0.2, 0) is 15.7 Å². The first-order valence-corrected chi connectivity index (χ1v) is 5.86. The summed E-state index contributed by atoms with van der Waals surface area (Å²) in [6, 6.07) is 1.65. The summed E-state index contributed by atoms with van der Waals surface area (Å²) < 4.78 is 42.8. The van der Waals surface area contributed by atoms with E-state index in [0.29, 0.717) is 6.42 Å². The number of amides is 1. The minimum absolute atomic E-state index is 0.00906. The number of hydrogen-bond donors (Lipinski definition) is 1. The Labute approximate surface area is 108 Å². The summed E-state index contributed by atoms with van der Waals surface area (Å²) in [6.07, 6.45) is -2.76. The zero-order valence-corrected chi connectivity index (χ0v) is 10.2. The van der Waals surface area contributed by atoms with Crippen LogP contribution >= 0.6 is 0 Å². The maximum absolute atomic E-state index is 12.5. The van der Waals surface area contributed by atoms with Crippen LogP contribution in [0, 0.1) is 0 Å². The predicted octanol–water partition coefficient (Wildman–Crippen LogP) is 2.61. The van der Waals surface area contributed by atoms with E-state index in [0.717, 1.165) is 24.8 Å². The number of ether oxygens (including phenoxy) is 1. The fraction of sp³-hybridized carbons (Fsp3) is 0.500. The average molecular weight is 274 g/mol. The monoisotopic (exact) mass is 274 g/mol. The zero-order valence-electron chi connectivity index (χ0n) is 10.2. The number of pyridine rings is 1. The number of halogens is 3. The van der Waals surface area contributed by atoms with Gasteiger partial charge in [-0.1, -0.05) is 0 Å². The summed E-state index contributed by atoms with van der Waals surface area (Å²) >= 11 is 0. The Bertz CT molecular complexity index is 476. The molecule has 1 fully saturated rings.